The topological polar surface area (TPSA) is 76.7 Å². The Labute approximate surface area is 360 Å². The Morgan fingerprint density at radius 2 is 1.19 bits per heavy atom. The maximum Gasteiger partial charge on any atom is 0.149 e. The van der Waals surface area contributed by atoms with Gasteiger partial charge in [-0.1, -0.05) is 132 Å². The Kier molecular flexibility index (Phi) is 10.4. The van der Waals surface area contributed by atoms with Crippen LogP contribution in [0.3, 0.4) is 0 Å². The van der Waals surface area contributed by atoms with E-state index in [1.807, 2.05) is 67.0 Å². The maximum absolute atomic E-state index is 11.0. The molecule has 6 nitrogen and oxygen atoms in total. The van der Waals surface area contributed by atoms with Crippen LogP contribution in [0.5, 0.6) is 5.75 Å². The van der Waals surface area contributed by atoms with E-state index in [1.54, 1.807) is 12.4 Å². The minimum absolute atomic E-state index is 0. The molecule has 294 valence electrons. The molecule has 4 heterocycles. The number of benzene rings is 5. The van der Waals surface area contributed by atoms with Crippen LogP contribution in [0.2, 0.25) is 0 Å². The first kappa shape index (κ1) is 39.6. The summed E-state index contributed by atoms with van der Waals surface area (Å²) < 4.78 is 2.22. The number of para-hydroxylation sites is 3. The molecule has 0 unspecified atom stereocenters. The summed E-state index contributed by atoms with van der Waals surface area (Å²) in [5.74, 6) is 0.184. The SMILES string of the molecule is CC(C)(C)c1cc(-c2cc(-c3[c-]c(-c4cc(-c5cccc6c7cncnc7n(-c7ccccc7)c56)ccn4)ccc3)nc(-c3ccccc3O)c2)cc(C(C)(C)C)c1.[Pt]. The van der Waals surface area contributed by atoms with Crippen molar-refractivity contribution in [2.24, 2.45) is 0 Å². The Morgan fingerprint density at radius 3 is 1.92 bits per heavy atom. The third-order valence-corrected chi connectivity index (χ3v) is 10.9. The van der Waals surface area contributed by atoms with Crippen LogP contribution >= 0.6 is 0 Å². The molecule has 0 fully saturated rings. The largest absolute Gasteiger partial charge is 0.507 e. The van der Waals surface area contributed by atoms with Crippen molar-refractivity contribution < 1.29 is 26.2 Å². The van der Waals surface area contributed by atoms with Gasteiger partial charge in [-0.25, -0.2) is 9.97 Å². The normalized spacial score (nSPS) is 11.8. The van der Waals surface area contributed by atoms with Gasteiger partial charge in [-0.15, -0.1) is 24.3 Å². The second-order valence-electron chi connectivity index (χ2n) is 17.0. The fourth-order valence-corrected chi connectivity index (χ4v) is 7.70. The van der Waals surface area contributed by atoms with Gasteiger partial charge in [0.15, 0.2) is 0 Å². The number of hydrogen-bond donors (Lipinski definition) is 1. The third kappa shape index (κ3) is 7.61. The smallest absolute Gasteiger partial charge is 0.149 e. The number of phenols is 1. The van der Waals surface area contributed by atoms with E-state index in [0.29, 0.717) is 11.3 Å². The maximum atomic E-state index is 11.0. The summed E-state index contributed by atoms with van der Waals surface area (Å²) in [4.78, 5) is 19.1. The van der Waals surface area contributed by atoms with Crippen LogP contribution < -0.4 is 0 Å². The van der Waals surface area contributed by atoms with Crippen molar-refractivity contribution in [1.29, 1.82) is 0 Å². The van der Waals surface area contributed by atoms with Gasteiger partial charge < -0.3 is 5.11 Å². The van der Waals surface area contributed by atoms with Crippen LogP contribution in [0, 0.1) is 6.07 Å². The number of rotatable bonds is 6. The first-order valence-corrected chi connectivity index (χ1v) is 19.7. The van der Waals surface area contributed by atoms with E-state index in [4.69, 9.17) is 15.0 Å². The molecule has 1 N–H and O–H groups in total. The second-order valence-corrected chi connectivity index (χ2v) is 17.0. The fraction of sp³-hybridized carbons (Fsp3) is 0.154. The standard InChI is InChI=1S/C52H44N5O.Pt/c1-51(2,3)38-25-36(26-39(30-38)52(4,5)6)37-28-46(56-47(29-37)43-18-10-11-21-48(43)58)35-15-12-14-34(24-35)45-27-33(22-23-54-45)41-19-13-20-42-44-31-53-32-55-50(44)57(49(41)42)40-16-8-7-9-17-40;/h7-23,25-32,58H,1-6H3;/q-1;. The summed E-state index contributed by atoms with van der Waals surface area (Å²) in [6, 6.07) is 49.3. The Morgan fingerprint density at radius 1 is 0.559 bits per heavy atom. The molecule has 0 saturated carbocycles. The summed E-state index contributed by atoms with van der Waals surface area (Å²) in [5, 5.41) is 13.1. The molecule has 4 aromatic heterocycles. The predicted octanol–water partition coefficient (Wildman–Crippen LogP) is 12.8. The van der Waals surface area contributed by atoms with Crippen LogP contribution in [-0.2, 0) is 31.9 Å². The Hall–Kier alpha value is -6.23. The fourth-order valence-electron chi connectivity index (χ4n) is 7.70. The van der Waals surface area contributed by atoms with E-state index >= 15 is 0 Å². The third-order valence-electron chi connectivity index (χ3n) is 10.9. The number of pyridine rings is 2. The van der Waals surface area contributed by atoms with Crippen molar-refractivity contribution in [1.82, 2.24) is 24.5 Å². The van der Waals surface area contributed by atoms with E-state index in [2.05, 4.69) is 130 Å². The molecule has 0 aliphatic carbocycles. The minimum Gasteiger partial charge on any atom is -0.507 e. The predicted molar refractivity (Wildman–Crippen MR) is 237 cm³/mol. The zero-order valence-corrected chi connectivity index (χ0v) is 36.2. The molecular weight excluding hydrogens is 906 g/mol. The molecule has 0 saturated heterocycles. The first-order chi connectivity index (χ1) is 27.9. The summed E-state index contributed by atoms with van der Waals surface area (Å²) in [5.41, 5.74) is 14.2. The van der Waals surface area contributed by atoms with Gasteiger partial charge in [-0.05, 0) is 75.0 Å². The second kappa shape index (κ2) is 15.5. The van der Waals surface area contributed by atoms with Gasteiger partial charge in [0, 0.05) is 72.4 Å². The number of aromatic hydroxyl groups is 1. The molecule has 0 spiro atoms. The monoisotopic (exact) mass is 949 g/mol. The van der Waals surface area contributed by atoms with Crippen LogP contribution in [0.25, 0.3) is 83.6 Å². The molecule has 9 rings (SSSR count). The molecule has 0 radical (unpaired) electrons. The molecule has 7 heteroatoms. The molecule has 5 aromatic carbocycles. The molecule has 9 aromatic rings. The summed E-state index contributed by atoms with van der Waals surface area (Å²) in [6.45, 7) is 13.5. The quantitative estimate of drug-likeness (QED) is 0.168. The van der Waals surface area contributed by atoms with Gasteiger partial charge in [0.05, 0.1) is 11.2 Å². The molecule has 0 atom stereocenters. The number of fused-ring (bicyclic) bond motifs is 3. The zero-order valence-electron chi connectivity index (χ0n) is 33.9. The molecule has 0 aliphatic heterocycles. The molecular formula is C52H44N5OPt-. The molecule has 0 aliphatic rings. The summed E-state index contributed by atoms with van der Waals surface area (Å²) in [6.07, 6.45) is 5.37. The Bertz CT molecular complexity index is 2960. The van der Waals surface area contributed by atoms with Crippen molar-refractivity contribution in [3.8, 4) is 67.5 Å². The van der Waals surface area contributed by atoms with E-state index in [-0.39, 0.29) is 37.6 Å². The number of hydrogen-bond acceptors (Lipinski definition) is 5. The van der Waals surface area contributed by atoms with Gasteiger partial charge in [-0.3, -0.25) is 14.5 Å². The average molecular weight is 950 g/mol. The van der Waals surface area contributed by atoms with E-state index in [1.165, 1.54) is 11.1 Å². The first-order valence-electron chi connectivity index (χ1n) is 19.7. The minimum atomic E-state index is -0.0478. The summed E-state index contributed by atoms with van der Waals surface area (Å²) >= 11 is 0. The molecule has 59 heavy (non-hydrogen) atoms. The van der Waals surface area contributed by atoms with Crippen molar-refractivity contribution in [3.05, 3.63) is 169 Å². The van der Waals surface area contributed by atoms with E-state index in [0.717, 1.165) is 72.4 Å². The van der Waals surface area contributed by atoms with Gasteiger partial charge in [0.25, 0.3) is 0 Å². The van der Waals surface area contributed by atoms with Crippen molar-refractivity contribution >= 4 is 21.9 Å². The van der Waals surface area contributed by atoms with Gasteiger partial charge in [0.2, 0.25) is 0 Å². The van der Waals surface area contributed by atoms with Gasteiger partial charge in [-0.2, -0.15) is 0 Å². The summed E-state index contributed by atoms with van der Waals surface area (Å²) in [7, 11) is 0. The van der Waals surface area contributed by atoms with E-state index < -0.39 is 0 Å². The van der Waals surface area contributed by atoms with Crippen molar-refractivity contribution in [2.75, 3.05) is 0 Å². The zero-order chi connectivity index (χ0) is 40.2. The molecule has 0 amide bonds. The van der Waals surface area contributed by atoms with Crippen LogP contribution in [0.15, 0.2) is 152 Å². The Balaban J connectivity index is 0.00000484. The number of phenolic OH excluding ortho intramolecular Hbond substituents is 1. The van der Waals surface area contributed by atoms with Crippen LogP contribution in [-0.4, -0.2) is 29.6 Å². The van der Waals surface area contributed by atoms with Crippen LogP contribution in [0.1, 0.15) is 52.7 Å². The van der Waals surface area contributed by atoms with Crippen molar-refractivity contribution in [3.63, 3.8) is 0 Å². The average Bonchev–Trinajstić information content (AvgIpc) is 3.58. The van der Waals surface area contributed by atoms with E-state index in [9.17, 15) is 5.11 Å². The number of aromatic nitrogens is 5. The van der Waals surface area contributed by atoms with Gasteiger partial charge >= 0.3 is 0 Å². The van der Waals surface area contributed by atoms with Gasteiger partial charge in [0.1, 0.15) is 17.7 Å². The molecule has 0 bridgehead atoms. The van der Waals surface area contributed by atoms with Crippen molar-refractivity contribution in [2.45, 2.75) is 52.4 Å². The number of nitrogens with zero attached hydrogens (tertiary/aromatic N) is 5. The van der Waals surface area contributed by atoms with Crippen LogP contribution in [0.4, 0.5) is 0 Å².